The number of halogens is 1. The Labute approximate surface area is 183 Å². The Kier molecular flexibility index (Phi) is 4.49. The quantitative estimate of drug-likeness (QED) is 0.686. The monoisotopic (exact) mass is 429 g/mol. The Morgan fingerprint density at radius 3 is 2.94 bits per heavy atom. The van der Waals surface area contributed by atoms with Gasteiger partial charge in [0.05, 0.1) is 5.69 Å². The first-order valence-electron chi connectivity index (χ1n) is 12.3. The number of hydrogen-bond acceptors (Lipinski definition) is 6. The third-order valence-electron chi connectivity index (χ3n) is 6.56. The van der Waals surface area contributed by atoms with Crippen molar-refractivity contribution in [3.63, 3.8) is 0 Å². The minimum atomic E-state index is -2.53. The molecular weight excluding hydrogens is 399 g/mol. The maximum atomic E-state index is 13.4. The maximum absolute atomic E-state index is 13.4. The van der Waals surface area contributed by atoms with Gasteiger partial charge in [0.25, 0.3) is 5.56 Å². The molecule has 1 aromatic carbocycles. The van der Waals surface area contributed by atoms with E-state index in [2.05, 4.69) is 15.0 Å². The average Bonchev–Trinajstić information content (AvgIpc) is 3.21. The Balaban J connectivity index is 1.30. The van der Waals surface area contributed by atoms with Crippen molar-refractivity contribution < 1.29 is 18.1 Å². The summed E-state index contributed by atoms with van der Waals surface area (Å²) in [6.45, 7) is -0.0158. The summed E-state index contributed by atoms with van der Waals surface area (Å²) in [5.41, 5.74) is 0.951. The summed E-state index contributed by atoms with van der Waals surface area (Å²) in [4.78, 5) is 19.6. The van der Waals surface area contributed by atoms with E-state index in [1.165, 1.54) is 16.7 Å². The number of benzene rings is 1. The van der Waals surface area contributed by atoms with Crippen molar-refractivity contribution in [1.29, 1.82) is 0 Å². The molecule has 0 aliphatic carbocycles. The van der Waals surface area contributed by atoms with Gasteiger partial charge in [-0.2, -0.15) is 0 Å². The van der Waals surface area contributed by atoms with Gasteiger partial charge in [-0.15, -0.1) is 0 Å². The van der Waals surface area contributed by atoms with Crippen molar-refractivity contribution in [2.75, 3.05) is 19.6 Å². The van der Waals surface area contributed by atoms with E-state index >= 15 is 0 Å². The highest BCUT2D eigenvalue weighted by Gasteiger charge is 2.26. The lowest BCUT2D eigenvalue weighted by atomic mass is 9.91. The van der Waals surface area contributed by atoms with Gasteiger partial charge in [0.2, 0.25) is 0 Å². The van der Waals surface area contributed by atoms with E-state index in [0.29, 0.717) is 31.5 Å². The first-order chi connectivity index (χ1) is 16.2. The van der Waals surface area contributed by atoms with Crippen molar-refractivity contribution in [1.82, 2.24) is 19.6 Å². The van der Waals surface area contributed by atoms with Crippen LogP contribution in [0.25, 0.3) is 11.0 Å². The number of aromatic nitrogens is 3. The smallest absolute Gasteiger partial charge is 0.257 e. The molecule has 8 heteroatoms. The fourth-order valence-electron chi connectivity index (χ4n) is 4.80. The van der Waals surface area contributed by atoms with Crippen LogP contribution < -0.4 is 5.56 Å². The molecule has 31 heavy (non-hydrogen) atoms. The molecular formula is C23H27FN4O3. The molecule has 3 aromatic rings. The van der Waals surface area contributed by atoms with Crippen LogP contribution in [-0.4, -0.2) is 44.3 Å². The van der Waals surface area contributed by atoms with Crippen molar-refractivity contribution in [3.8, 4) is 0 Å². The molecule has 2 aromatic heterocycles. The fourth-order valence-corrected chi connectivity index (χ4v) is 4.80. The SMILES string of the molecule is [2H]C([2H])([2H])c1nc2n(c(=O)c1CCN1CCC(c3noc4cc(F)ccc34)CC1)CCCC2O. The lowest BCUT2D eigenvalue weighted by Crippen LogP contribution is -2.37. The third kappa shape index (κ3) is 3.78. The molecule has 1 N–H and O–H groups in total. The third-order valence-corrected chi connectivity index (χ3v) is 6.56. The normalized spacial score (nSPS) is 22.1. The van der Waals surface area contributed by atoms with Crippen LogP contribution >= 0.6 is 0 Å². The maximum Gasteiger partial charge on any atom is 0.257 e. The van der Waals surface area contributed by atoms with E-state index in [1.54, 1.807) is 6.07 Å². The number of piperidine rings is 1. The molecule has 7 nitrogen and oxygen atoms in total. The van der Waals surface area contributed by atoms with Gasteiger partial charge >= 0.3 is 0 Å². The molecule has 0 spiro atoms. The Hall–Kier alpha value is -2.58. The van der Waals surface area contributed by atoms with Crippen LogP contribution in [0, 0.1) is 12.7 Å². The summed E-state index contributed by atoms with van der Waals surface area (Å²) in [5, 5.41) is 15.3. The molecule has 0 radical (unpaired) electrons. The highest BCUT2D eigenvalue weighted by atomic mass is 19.1. The molecule has 5 rings (SSSR count). The van der Waals surface area contributed by atoms with E-state index in [4.69, 9.17) is 8.64 Å². The molecule has 1 fully saturated rings. The second kappa shape index (κ2) is 8.16. The zero-order chi connectivity index (χ0) is 24.0. The lowest BCUT2D eigenvalue weighted by molar-refractivity contribution is 0.129. The second-order valence-corrected chi connectivity index (χ2v) is 8.49. The number of nitrogens with zero attached hydrogens (tertiary/aromatic N) is 4. The van der Waals surface area contributed by atoms with Crippen molar-refractivity contribution in [2.45, 2.75) is 57.5 Å². The number of rotatable bonds is 4. The van der Waals surface area contributed by atoms with Gasteiger partial charge < -0.3 is 14.5 Å². The number of aryl methyl sites for hydroxylation is 1. The molecule has 2 aliphatic rings. The van der Waals surface area contributed by atoms with Gasteiger partial charge in [0.15, 0.2) is 5.58 Å². The molecule has 1 atom stereocenters. The zero-order valence-electron chi connectivity index (χ0n) is 20.2. The molecule has 0 saturated carbocycles. The van der Waals surface area contributed by atoms with E-state index < -0.39 is 13.0 Å². The molecule has 1 saturated heterocycles. The minimum absolute atomic E-state index is 0.159. The van der Waals surface area contributed by atoms with E-state index in [9.17, 15) is 14.3 Å². The van der Waals surface area contributed by atoms with E-state index in [-0.39, 0.29) is 40.8 Å². The molecule has 1 unspecified atom stereocenters. The van der Waals surface area contributed by atoms with Gasteiger partial charge in [-0.3, -0.25) is 9.36 Å². The molecule has 0 bridgehead atoms. The van der Waals surface area contributed by atoms with Gasteiger partial charge in [0, 0.05) is 45.8 Å². The fraction of sp³-hybridized carbons (Fsp3) is 0.522. The highest BCUT2D eigenvalue weighted by Crippen LogP contribution is 2.32. The second-order valence-electron chi connectivity index (χ2n) is 8.49. The van der Waals surface area contributed by atoms with Crippen LogP contribution in [0.15, 0.2) is 27.5 Å². The lowest BCUT2D eigenvalue weighted by Gasteiger charge is -2.31. The van der Waals surface area contributed by atoms with Crippen LogP contribution in [0.4, 0.5) is 4.39 Å². The van der Waals surface area contributed by atoms with E-state index in [0.717, 1.165) is 37.0 Å². The van der Waals surface area contributed by atoms with Crippen LogP contribution in [0.5, 0.6) is 0 Å². The molecule has 164 valence electrons. The molecule has 0 amide bonds. The zero-order valence-corrected chi connectivity index (χ0v) is 17.2. The van der Waals surface area contributed by atoms with Crippen LogP contribution in [0.3, 0.4) is 0 Å². The number of aliphatic hydroxyl groups excluding tert-OH is 1. The standard InChI is InChI=1S/C23H27FN4O3/c1-14-17(23(30)28-9-2-3-19(29)22(28)25-14)8-12-27-10-6-15(7-11-27)21-18-5-4-16(24)13-20(18)31-26-21/h4-5,13,15,19,29H,2-3,6-12H2,1H3/i1D3. The molecule has 2 aliphatic heterocycles. The Bertz CT molecular complexity index is 1260. The average molecular weight is 430 g/mol. The van der Waals surface area contributed by atoms with Crippen molar-refractivity contribution in [2.24, 2.45) is 0 Å². The summed E-state index contributed by atoms with van der Waals surface area (Å²) in [6, 6.07) is 4.45. The number of aliphatic hydroxyl groups is 1. The van der Waals surface area contributed by atoms with Crippen LogP contribution in [0.2, 0.25) is 0 Å². The summed E-state index contributed by atoms with van der Waals surface area (Å²) in [6.07, 6.45) is 2.15. The van der Waals surface area contributed by atoms with Gasteiger partial charge in [0.1, 0.15) is 17.7 Å². The summed E-state index contributed by atoms with van der Waals surface area (Å²) < 4.78 is 43.8. The van der Waals surface area contributed by atoms with Gasteiger partial charge in [-0.1, -0.05) is 5.16 Å². The predicted molar refractivity (Wildman–Crippen MR) is 114 cm³/mol. The van der Waals surface area contributed by atoms with E-state index in [1.807, 2.05) is 0 Å². The Morgan fingerprint density at radius 1 is 1.29 bits per heavy atom. The Morgan fingerprint density at radius 2 is 2.13 bits per heavy atom. The van der Waals surface area contributed by atoms with Crippen molar-refractivity contribution >= 4 is 11.0 Å². The minimum Gasteiger partial charge on any atom is -0.385 e. The largest absolute Gasteiger partial charge is 0.385 e. The highest BCUT2D eigenvalue weighted by molar-refractivity contribution is 5.79. The summed E-state index contributed by atoms with van der Waals surface area (Å²) >= 11 is 0. The first-order valence-corrected chi connectivity index (χ1v) is 10.8. The molecule has 4 heterocycles. The van der Waals surface area contributed by atoms with Gasteiger partial charge in [-0.25, -0.2) is 9.37 Å². The summed E-state index contributed by atoms with van der Waals surface area (Å²) in [7, 11) is 0. The number of fused-ring (bicyclic) bond motifs is 2. The topological polar surface area (TPSA) is 84.4 Å². The predicted octanol–water partition coefficient (Wildman–Crippen LogP) is 3.08. The van der Waals surface area contributed by atoms with Crippen molar-refractivity contribution in [3.05, 3.63) is 57.1 Å². The van der Waals surface area contributed by atoms with Gasteiger partial charge in [-0.05, 0) is 64.2 Å². The number of hydrogen-bond donors (Lipinski definition) is 1. The first kappa shape index (κ1) is 17.0. The van der Waals surface area contributed by atoms with Crippen LogP contribution in [-0.2, 0) is 13.0 Å². The van der Waals surface area contributed by atoms with Crippen LogP contribution in [0.1, 0.15) is 64.6 Å². The summed E-state index contributed by atoms with van der Waals surface area (Å²) in [5.74, 6) is -0.00592. The number of likely N-dealkylation sites (tertiary alicyclic amines) is 1.